The third-order valence-electron chi connectivity index (χ3n) is 8.33. The summed E-state index contributed by atoms with van der Waals surface area (Å²) in [5, 5.41) is 20.7. The summed E-state index contributed by atoms with van der Waals surface area (Å²) in [6.07, 6.45) is 6.09. The van der Waals surface area contributed by atoms with E-state index in [0.29, 0.717) is 12.5 Å². The summed E-state index contributed by atoms with van der Waals surface area (Å²) in [7, 11) is -0.323. The Labute approximate surface area is 241 Å². The van der Waals surface area contributed by atoms with Crippen LogP contribution in [0.4, 0.5) is 4.79 Å². The van der Waals surface area contributed by atoms with Crippen molar-refractivity contribution in [2.75, 3.05) is 6.54 Å². The van der Waals surface area contributed by atoms with Crippen molar-refractivity contribution in [2.45, 2.75) is 79.2 Å². The standard InChI is InChI=1S/C16H19N3O2.C15H21BN2O2/c1-3-18-10-13-6-5-12(8-14(13)17-18)15-7-4-11(2)9-19(15)16(20)21;1-6-18-10-11-7-8-12(9-13(11)17-18)16-19-14(2,3)15(4,5)20-16/h5-8,10-11H,3-4,9H2,1-2H3,(H,20,21);7-10H,6H2,1-5H3. The van der Waals surface area contributed by atoms with Crippen molar-refractivity contribution in [3.8, 4) is 0 Å². The first kappa shape index (κ1) is 28.9. The number of hydrogen-bond donors (Lipinski definition) is 1. The van der Waals surface area contributed by atoms with E-state index in [1.165, 1.54) is 4.90 Å². The summed E-state index contributed by atoms with van der Waals surface area (Å²) in [6, 6.07) is 12.1. The second kappa shape index (κ2) is 11.0. The van der Waals surface area contributed by atoms with Crippen molar-refractivity contribution in [2.24, 2.45) is 5.92 Å². The van der Waals surface area contributed by atoms with Gasteiger partial charge in [0.25, 0.3) is 0 Å². The van der Waals surface area contributed by atoms with Gasteiger partial charge in [-0.1, -0.05) is 37.3 Å². The maximum Gasteiger partial charge on any atom is 0.494 e. The highest BCUT2D eigenvalue weighted by Gasteiger charge is 2.51. The Hall–Kier alpha value is -3.63. The molecule has 41 heavy (non-hydrogen) atoms. The number of fused-ring (bicyclic) bond motifs is 2. The van der Waals surface area contributed by atoms with Crippen LogP contribution in [0.2, 0.25) is 0 Å². The molecule has 1 atom stereocenters. The lowest BCUT2D eigenvalue weighted by atomic mass is 9.79. The lowest BCUT2D eigenvalue weighted by Gasteiger charge is -2.32. The van der Waals surface area contributed by atoms with Crippen LogP contribution < -0.4 is 5.46 Å². The van der Waals surface area contributed by atoms with Crippen LogP contribution in [0.1, 0.15) is 60.5 Å². The number of aryl methyl sites for hydroxylation is 2. The van der Waals surface area contributed by atoms with E-state index in [1.54, 1.807) is 0 Å². The van der Waals surface area contributed by atoms with Crippen LogP contribution in [0.25, 0.3) is 27.5 Å². The van der Waals surface area contributed by atoms with Crippen LogP contribution in [0.15, 0.2) is 54.9 Å². The van der Waals surface area contributed by atoms with Crippen LogP contribution in [-0.4, -0.2) is 60.5 Å². The van der Waals surface area contributed by atoms with Crippen molar-refractivity contribution >= 4 is 46.2 Å². The van der Waals surface area contributed by atoms with Gasteiger partial charge in [-0.05, 0) is 71.5 Å². The Kier molecular flexibility index (Phi) is 7.74. The van der Waals surface area contributed by atoms with Gasteiger partial charge < -0.3 is 14.4 Å². The van der Waals surface area contributed by atoms with Gasteiger partial charge in [0.2, 0.25) is 0 Å². The van der Waals surface area contributed by atoms with Gasteiger partial charge in [0.05, 0.1) is 27.9 Å². The number of carbonyl (C=O) groups is 1. The van der Waals surface area contributed by atoms with Gasteiger partial charge in [-0.3, -0.25) is 14.3 Å². The normalized spacial score (nSPS) is 19.8. The lowest BCUT2D eigenvalue weighted by molar-refractivity contribution is 0.00578. The van der Waals surface area contributed by atoms with E-state index in [2.05, 4.69) is 76.1 Å². The molecule has 4 aromatic rings. The van der Waals surface area contributed by atoms with Gasteiger partial charge in [0, 0.05) is 48.4 Å². The maximum absolute atomic E-state index is 11.5. The number of allylic oxidation sites excluding steroid dienone is 1. The minimum Gasteiger partial charge on any atom is -0.465 e. The average molecular weight is 558 g/mol. The molecule has 1 unspecified atom stereocenters. The number of amides is 1. The van der Waals surface area contributed by atoms with Crippen molar-refractivity contribution in [1.82, 2.24) is 24.5 Å². The first-order valence-corrected chi connectivity index (χ1v) is 14.4. The first-order valence-electron chi connectivity index (χ1n) is 14.4. The number of hydrogen-bond acceptors (Lipinski definition) is 5. The summed E-state index contributed by atoms with van der Waals surface area (Å²) in [5.74, 6) is 0.355. The average Bonchev–Trinajstić information content (AvgIpc) is 3.60. The molecule has 2 aliphatic heterocycles. The van der Waals surface area contributed by atoms with Crippen LogP contribution in [0, 0.1) is 5.92 Å². The quantitative estimate of drug-likeness (QED) is 0.320. The summed E-state index contributed by atoms with van der Waals surface area (Å²) in [6.45, 7) is 16.7. The Balaban J connectivity index is 0.000000165. The predicted octanol–water partition coefficient (Wildman–Crippen LogP) is 5.77. The van der Waals surface area contributed by atoms with E-state index >= 15 is 0 Å². The smallest absolute Gasteiger partial charge is 0.465 e. The first-order chi connectivity index (χ1) is 19.4. The molecular weight excluding hydrogens is 517 g/mol. The highest BCUT2D eigenvalue weighted by molar-refractivity contribution is 6.62. The molecule has 2 aromatic carbocycles. The Morgan fingerprint density at radius 1 is 0.951 bits per heavy atom. The maximum atomic E-state index is 11.5. The number of benzene rings is 2. The van der Waals surface area contributed by atoms with Gasteiger partial charge >= 0.3 is 13.2 Å². The molecule has 1 saturated heterocycles. The molecule has 0 spiro atoms. The van der Waals surface area contributed by atoms with Crippen LogP contribution in [0.3, 0.4) is 0 Å². The summed E-state index contributed by atoms with van der Waals surface area (Å²) in [4.78, 5) is 12.9. The Morgan fingerprint density at radius 2 is 1.51 bits per heavy atom. The van der Waals surface area contributed by atoms with E-state index in [0.717, 1.165) is 58.0 Å². The SMILES string of the molecule is CCn1cc2ccc(B3OC(C)(C)C(C)(C)O3)cc2n1.CCn1cc2ccc(C3=CCC(C)CN3C(=O)O)cc2n1. The molecule has 1 N–H and O–H groups in total. The molecule has 9 nitrogen and oxygen atoms in total. The zero-order valence-electron chi connectivity index (χ0n) is 25.1. The second-order valence-corrected chi connectivity index (χ2v) is 12.0. The fourth-order valence-electron chi connectivity index (χ4n) is 5.12. The van der Waals surface area contributed by atoms with Gasteiger partial charge in [0.1, 0.15) is 0 Å². The monoisotopic (exact) mass is 557 g/mol. The molecule has 6 rings (SSSR count). The number of aromatic nitrogens is 4. The van der Waals surface area contributed by atoms with Crippen molar-refractivity contribution in [1.29, 1.82) is 0 Å². The van der Waals surface area contributed by atoms with Gasteiger partial charge in [0.15, 0.2) is 0 Å². The zero-order chi connectivity index (χ0) is 29.5. The van der Waals surface area contributed by atoms with Crippen LogP contribution in [0.5, 0.6) is 0 Å². The van der Waals surface area contributed by atoms with Crippen molar-refractivity contribution < 1.29 is 19.2 Å². The lowest BCUT2D eigenvalue weighted by Crippen LogP contribution is -2.41. The highest BCUT2D eigenvalue weighted by Crippen LogP contribution is 2.36. The minimum atomic E-state index is -0.896. The largest absolute Gasteiger partial charge is 0.494 e. The Morgan fingerprint density at radius 3 is 2.07 bits per heavy atom. The van der Waals surface area contributed by atoms with Gasteiger partial charge in [-0.25, -0.2) is 4.79 Å². The summed E-state index contributed by atoms with van der Waals surface area (Å²) < 4.78 is 16.0. The molecule has 4 heterocycles. The molecule has 1 fully saturated rings. The van der Waals surface area contributed by atoms with Crippen molar-refractivity contribution in [3.05, 3.63) is 60.4 Å². The fourth-order valence-corrected chi connectivity index (χ4v) is 5.12. The number of rotatable bonds is 4. The molecule has 1 amide bonds. The van der Waals surface area contributed by atoms with Crippen LogP contribution >= 0.6 is 0 Å². The molecule has 0 radical (unpaired) electrons. The van der Waals surface area contributed by atoms with E-state index in [1.807, 2.05) is 46.8 Å². The summed E-state index contributed by atoms with van der Waals surface area (Å²) >= 11 is 0. The molecule has 0 saturated carbocycles. The molecule has 216 valence electrons. The highest BCUT2D eigenvalue weighted by atomic mass is 16.7. The fraction of sp³-hybridized carbons (Fsp3) is 0.452. The van der Waals surface area contributed by atoms with Crippen LogP contribution in [-0.2, 0) is 22.4 Å². The third-order valence-corrected chi connectivity index (χ3v) is 8.33. The molecule has 10 heteroatoms. The summed E-state index contributed by atoms with van der Waals surface area (Å²) in [5.41, 5.74) is 3.98. The molecular formula is C31H40BN5O4. The third kappa shape index (κ3) is 5.76. The molecule has 0 aliphatic carbocycles. The van der Waals surface area contributed by atoms with E-state index in [4.69, 9.17) is 9.31 Å². The topological polar surface area (TPSA) is 94.6 Å². The van der Waals surface area contributed by atoms with Gasteiger partial charge in [-0.15, -0.1) is 0 Å². The molecule has 2 aliphatic rings. The molecule has 2 aromatic heterocycles. The van der Waals surface area contributed by atoms with E-state index < -0.39 is 6.09 Å². The van der Waals surface area contributed by atoms with Crippen molar-refractivity contribution in [3.63, 3.8) is 0 Å². The molecule has 0 bridgehead atoms. The second-order valence-electron chi connectivity index (χ2n) is 12.0. The number of nitrogens with zero attached hydrogens (tertiary/aromatic N) is 5. The van der Waals surface area contributed by atoms with E-state index in [-0.39, 0.29) is 18.3 Å². The minimum absolute atomic E-state index is 0.310. The Bertz CT molecular complexity index is 1590. The van der Waals surface area contributed by atoms with E-state index in [9.17, 15) is 9.90 Å². The van der Waals surface area contributed by atoms with Gasteiger partial charge in [-0.2, -0.15) is 10.2 Å². The predicted molar refractivity (Wildman–Crippen MR) is 163 cm³/mol. The number of carboxylic acid groups (broad SMARTS) is 1. The zero-order valence-corrected chi connectivity index (χ0v) is 25.1.